The third-order valence-electron chi connectivity index (χ3n) is 4.46. The Labute approximate surface area is 128 Å². The second kappa shape index (κ2) is 7.92. The molecule has 1 saturated carbocycles. The highest BCUT2D eigenvalue weighted by atomic mass is 16.5. The molecule has 0 radical (unpaired) electrons. The van der Waals surface area contributed by atoms with E-state index in [1.165, 1.54) is 56.3 Å². The van der Waals surface area contributed by atoms with Crippen LogP contribution in [0.5, 0.6) is 0 Å². The molecule has 3 nitrogen and oxygen atoms in total. The molecule has 0 amide bonds. The molecule has 0 spiro atoms. The summed E-state index contributed by atoms with van der Waals surface area (Å²) in [6.45, 7) is 6.19. The van der Waals surface area contributed by atoms with Gasteiger partial charge in [0.1, 0.15) is 0 Å². The molecule has 1 aromatic rings. The summed E-state index contributed by atoms with van der Waals surface area (Å²) in [4.78, 5) is 2.52. The molecule has 3 rings (SSSR count). The molecule has 0 bridgehead atoms. The van der Waals surface area contributed by atoms with E-state index >= 15 is 0 Å². The number of ether oxygens (including phenoxy) is 1. The summed E-state index contributed by atoms with van der Waals surface area (Å²) >= 11 is 0. The molecule has 3 heteroatoms. The Morgan fingerprint density at radius 1 is 1.00 bits per heavy atom. The molecule has 0 atom stereocenters. The number of benzene rings is 1. The van der Waals surface area contributed by atoms with E-state index in [0.717, 1.165) is 32.3 Å². The minimum Gasteiger partial charge on any atom is -0.375 e. The minimum atomic E-state index is 0.740. The maximum atomic E-state index is 5.81. The summed E-state index contributed by atoms with van der Waals surface area (Å²) in [6, 6.07) is 9.62. The zero-order valence-electron chi connectivity index (χ0n) is 13.0. The fourth-order valence-electron chi connectivity index (χ4n) is 2.87. The molecule has 1 N–H and O–H groups in total. The van der Waals surface area contributed by atoms with Gasteiger partial charge in [0.15, 0.2) is 0 Å². The third-order valence-corrected chi connectivity index (χ3v) is 4.46. The zero-order chi connectivity index (χ0) is 14.3. The van der Waals surface area contributed by atoms with Crippen LogP contribution in [0.3, 0.4) is 0 Å². The van der Waals surface area contributed by atoms with Crippen molar-refractivity contribution in [1.82, 2.24) is 10.2 Å². The number of nitrogens with zero attached hydrogens (tertiary/aromatic N) is 1. The Morgan fingerprint density at radius 2 is 1.71 bits per heavy atom. The van der Waals surface area contributed by atoms with Crippen LogP contribution < -0.4 is 5.32 Å². The van der Waals surface area contributed by atoms with Crippen molar-refractivity contribution in [1.29, 1.82) is 0 Å². The van der Waals surface area contributed by atoms with Crippen LogP contribution in [-0.2, 0) is 17.9 Å². The smallest absolute Gasteiger partial charge is 0.0717 e. The molecule has 1 aromatic carbocycles. The van der Waals surface area contributed by atoms with Crippen molar-refractivity contribution in [2.75, 3.05) is 26.2 Å². The zero-order valence-corrected chi connectivity index (χ0v) is 13.0. The summed E-state index contributed by atoms with van der Waals surface area (Å²) in [6.07, 6.45) is 6.82. The quantitative estimate of drug-likeness (QED) is 0.744. The molecule has 2 aliphatic rings. The van der Waals surface area contributed by atoms with Crippen molar-refractivity contribution in [3.8, 4) is 0 Å². The maximum Gasteiger partial charge on any atom is 0.0717 e. The molecule has 21 heavy (non-hydrogen) atoms. The van der Waals surface area contributed by atoms with Crippen LogP contribution in [0.1, 0.15) is 43.2 Å². The van der Waals surface area contributed by atoms with Crippen LogP contribution >= 0.6 is 0 Å². The fourth-order valence-corrected chi connectivity index (χ4v) is 2.87. The second-order valence-corrected chi connectivity index (χ2v) is 6.43. The van der Waals surface area contributed by atoms with Crippen molar-refractivity contribution in [3.63, 3.8) is 0 Å². The standard InChI is InChI=1S/C18H28N2O/c1-2-10-20(11-3-1)12-13-21-15-17-6-4-16(5-7-17)14-19-18-8-9-18/h4-7,18-19H,1-3,8-15H2. The van der Waals surface area contributed by atoms with Crippen LogP contribution in [0, 0.1) is 0 Å². The lowest BCUT2D eigenvalue weighted by Gasteiger charge is -2.26. The van der Waals surface area contributed by atoms with Crippen LogP contribution in [0.25, 0.3) is 0 Å². The Balaban J connectivity index is 1.30. The van der Waals surface area contributed by atoms with Gasteiger partial charge in [0, 0.05) is 19.1 Å². The molecule has 1 saturated heterocycles. The second-order valence-electron chi connectivity index (χ2n) is 6.43. The van der Waals surface area contributed by atoms with E-state index in [-0.39, 0.29) is 0 Å². The van der Waals surface area contributed by atoms with E-state index in [9.17, 15) is 0 Å². The van der Waals surface area contributed by atoms with Gasteiger partial charge < -0.3 is 15.0 Å². The van der Waals surface area contributed by atoms with Gasteiger partial charge in [-0.3, -0.25) is 0 Å². The SMILES string of the molecule is c1cc(COCCN2CCCCC2)ccc1CNC1CC1. The average Bonchev–Trinajstić information content (AvgIpc) is 3.36. The molecule has 1 aliphatic carbocycles. The Bertz CT molecular complexity index is 408. The van der Waals surface area contributed by atoms with Gasteiger partial charge in [-0.05, 0) is 49.9 Å². The van der Waals surface area contributed by atoms with E-state index < -0.39 is 0 Å². The summed E-state index contributed by atoms with van der Waals surface area (Å²) in [5, 5.41) is 3.54. The molecule has 1 heterocycles. The first-order valence-corrected chi connectivity index (χ1v) is 8.51. The number of hydrogen-bond donors (Lipinski definition) is 1. The predicted molar refractivity (Wildman–Crippen MR) is 86.3 cm³/mol. The topological polar surface area (TPSA) is 24.5 Å². The third kappa shape index (κ3) is 5.42. The lowest BCUT2D eigenvalue weighted by atomic mass is 10.1. The average molecular weight is 288 g/mol. The lowest BCUT2D eigenvalue weighted by molar-refractivity contribution is 0.0863. The van der Waals surface area contributed by atoms with E-state index in [0.29, 0.717) is 0 Å². The highest BCUT2D eigenvalue weighted by molar-refractivity contribution is 5.22. The van der Waals surface area contributed by atoms with Crippen LogP contribution in [0.4, 0.5) is 0 Å². The Hall–Kier alpha value is -0.900. The summed E-state index contributed by atoms with van der Waals surface area (Å²) in [5.74, 6) is 0. The largest absolute Gasteiger partial charge is 0.375 e. The fraction of sp³-hybridized carbons (Fsp3) is 0.667. The number of likely N-dealkylation sites (tertiary alicyclic amines) is 1. The Morgan fingerprint density at radius 3 is 2.43 bits per heavy atom. The first-order valence-electron chi connectivity index (χ1n) is 8.51. The van der Waals surface area contributed by atoms with Crippen molar-refractivity contribution < 1.29 is 4.74 Å². The molecule has 0 unspecified atom stereocenters. The van der Waals surface area contributed by atoms with Crippen molar-refractivity contribution >= 4 is 0 Å². The van der Waals surface area contributed by atoms with Gasteiger partial charge in [0.25, 0.3) is 0 Å². The van der Waals surface area contributed by atoms with Crippen molar-refractivity contribution in [3.05, 3.63) is 35.4 Å². The monoisotopic (exact) mass is 288 g/mol. The van der Waals surface area contributed by atoms with Gasteiger partial charge in [-0.25, -0.2) is 0 Å². The molecule has 0 aromatic heterocycles. The number of piperidine rings is 1. The van der Waals surface area contributed by atoms with Crippen molar-refractivity contribution in [2.45, 2.75) is 51.3 Å². The van der Waals surface area contributed by atoms with Gasteiger partial charge in [-0.2, -0.15) is 0 Å². The van der Waals surface area contributed by atoms with Crippen molar-refractivity contribution in [2.24, 2.45) is 0 Å². The number of hydrogen-bond acceptors (Lipinski definition) is 3. The Kier molecular flexibility index (Phi) is 5.67. The van der Waals surface area contributed by atoms with E-state index in [2.05, 4.69) is 34.5 Å². The van der Waals surface area contributed by atoms with Crippen LogP contribution in [0.15, 0.2) is 24.3 Å². The van der Waals surface area contributed by atoms with Gasteiger partial charge >= 0.3 is 0 Å². The van der Waals surface area contributed by atoms with Gasteiger partial charge in [-0.15, -0.1) is 0 Å². The van der Waals surface area contributed by atoms with E-state index in [1.807, 2.05) is 0 Å². The maximum absolute atomic E-state index is 5.81. The summed E-state index contributed by atoms with van der Waals surface area (Å²) < 4.78 is 5.81. The highest BCUT2D eigenvalue weighted by Gasteiger charge is 2.19. The molecular formula is C18H28N2O. The lowest BCUT2D eigenvalue weighted by Crippen LogP contribution is -2.32. The van der Waals surface area contributed by atoms with Gasteiger partial charge in [0.05, 0.1) is 13.2 Å². The molecule has 2 fully saturated rings. The summed E-state index contributed by atoms with van der Waals surface area (Å²) in [5.41, 5.74) is 2.66. The predicted octanol–water partition coefficient (Wildman–Crippen LogP) is 2.94. The van der Waals surface area contributed by atoms with Gasteiger partial charge in [0.2, 0.25) is 0 Å². The highest BCUT2D eigenvalue weighted by Crippen LogP contribution is 2.19. The first-order chi connectivity index (χ1) is 10.4. The first kappa shape index (κ1) is 15.0. The normalized spacial score (nSPS) is 19.8. The molecule has 116 valence electrons. The number of nitrogens with one attached hydrogen (secondary N) is 1. The van der Waals surface area contributed by atoms with Crippen LogP contribution in [0.2, 0.25) is 0 Å². The van der Waals surface area contributed by atoms with Crippen LogP contribution in [-0.4, -0.2) is 37.2 Å². The van der Waals surface area contributed by atoms with E-state index in [1.54, 1.807) is 0 Å². The minimum absolute atomic E-state index is 0.740. The summed E-state index contributed by atoms with van der Waals surface area (Å²) in [7, 11) is 0. The number of rotatable bonds is 8. The van der Waals surface area contributed by atoms with Gasteiger partial charge in [-0.1, -0.05) is 30.7 Å². The van der Waals surface area contributed by atoms with E-state index in [4.69, 9.17) is 4.74 Å². The molecule has 1 aliphatic heterocycles. The molecular weight excluding hydrogens is 260 g/mol.